The summed E-state index contributed by atoms with van der Waals surface area (Å²) in [7, 11) is 0. The van der Waals surface area contributed by atoms with Crippen molar-refractivity contribution in [1.29, 1.82) is 0 Å². The fraction of sp³-hybridized carbons (Fsp3) is 0. The molecule has 70 heavy (non-hydrogen) atoms. The average molecular weight is 913 g/mol. The van der Waals surface area contributed by atoms with Crippen LogP contribution in [0.15, 0.2) is 182 Å². The van der Waals surface area contributed by atoms with Crippen LogP contribution in [-0.4, -0.2) is 0 Å². The van der Waals surface area contributed by atoms with Crippen molar-refractivity contribution in [3.8, 4) is 89.0 Å². The van der Waals surface area contributed by atoms with Crippen LogP contribution in [0.5, 0.6) is 0 Å². The molecule has 13 aromatic carbocycles. The van der Waals surface area contributed by atoms with E-state index in [0.29, 0.717) is 11.1 Å². The summed E-state index contributed by atoms with van der Waals surface area (Å²) >= 11 is 0. The first-order valence-electron chi connectivity index (χ1n) is 23.1. The van der Waals surface area contributed by atoms with E-state index in [1.165, 1.54) is 0 Å². The lowest BCUT2D eigenvalue weighted by Gasteiger charge is -2.20. The van der Waals surface area contributed by atoms with Gasteiger partial charge < -0.3 is 0 Å². The van der Waals surface area contributed by atoms with Gasteiger partial charge in [0.1, 0.15) is 0 Å². The molecule has 0 spiro atoms. The van der Waals surface area contributed by atoms with Crippen LogP contribution in [-0.2, 0) is 0 Å². The zero-order valence-corrected chi connectivity index (χ0v) is 36.6. The van der Waals surface area contributed by atoms with Crippen LogP contribution in [0.3, 0.4) is 0 Å². The van der Waals surface area contributed by atoms with E-state index in [4.69, 9.17) is 0 Å². The molecule has 0 aliphatic heterocycles. The monoisotopic (exact) mass is 912 g/mol. The molecule has 0 atom stereocenters. The fourth-order valence-electron chi connectivity index (χ4n) is 12.5. The molecule has 0 saturated heterocycles. The van der Waals surface area contributed by atoms with Crippen LogP contribution >= 0.6 is 0 Å². The Labute approximate surface area is 395 Å². The molecule has 13 aromatic rings. The molecule has 0 N–H and O–H groups in total. The molecule has 2 aliphatic rings. The van der Waals surface area contributed by atoms with Crippen LogP contribution in [0.2, 0.25) is 0 Å². The molecule has 0 bridgehead atoms. The number of halogens is 6. The second-order valence-electron chi connectivity index (χ2n) is 18.5. The number of hydrogen-bond acceptors (Lipinski definition) is 0. The first-order chi connectivity index (χ1) is 34.3. The van der Waals surface area contributed by atoms with Crippen molar-refractivity contribution >= 4 is 64.6 Å². The van der Waals surface area contributed by atoms with Gasteiger partial charge in [0.2, 0.25) is 0 Å². The first kappa shape index (κ1) is 39.3. The molecule has 0 nitrogen and oxygen atoms in total. The normalized spacial score (nSPS) is 12.4. The maximum atomic E-state index is 15.3. The Hall–Kier alpha value is -8.74. The van der Waals surface area contributed by atoms with Gasteiger partial charge >= 0.3 is 0 Å². The highest BCUT2D eigenvalue weighted by atomic mass is 19.2. The maximum absolute atomic E-state index is 15.3. The lowest BCUT2D eigenvalue weighted by Crippen LogP contribution is -1.96. The highest BCUT2D eigenvalue weighted by Gasteiger charge is 2.36. The topological polar surface area (TPSA) is 0 Å². The standard InChI is InChI=1S/C64H30F6/c65-47-27-33(28-48(66)63(47)69)53-37-17-9-7-15-35(37)51(31-11-3-1-4-12-31)59-43-23-19-39-40-20-24-44-58-46(26-22-42(56(40)58)41-21-25-45(61(53)59)57(43)55(39)41)62-54(34-29-49(67)64(70)50(68)30-34)38-18-10-8-16-36(38)52(60(44)62)32-13-5-2-6-14-32/h1-30H. The Kier molecular flexibility index (Phi) is 7.81. The number of rotatable bonds is 4. The Morgan fingerprint density at radius 3 is 0.743 bits per heavy atom. The van der Waals surface area contributed by atoms with Gasteiger partial charge in [-0.05, 0) is 178 Å². The molecular weight excluding hydrogens is 883 g/mol. The van der Waals surface area contributed by atoms with Crippen molar-refractivity contribution in [1.82, 2.24) is 0 Å². The molecule has 0 amide bonds. The third-order valence-electron chi connectivity index (χ3n) is 15.1. The number of hydrogen-bond donors (Lipinski definition) is 0. The van der Waals surface area contributed by atoms with Gasteiger partial charge in [0.25, 0.3) is 0 Å². The van der Waals surface area contributed by atoms with Crippen LogP contribution in [0.4, 0.5) is 26.3 Å². The third kappa shape index (κ3) is 4.97. The Balaban J connectivity index is 1.08. The predicted octanol–water partition coefficient (Wildman–Crippen LogP) is 18.8. The number of benzene rings is 13. The van der Waals surface area contributed by atoms with Crippen LogP contribution in [0.25, 0.3) is 154 Å². The highest BCUT2D eigenvalue weighted by Crippen LogP contribution is 2.63. The van der Waals surface area contributed by atoms with Crippen LogP contribution in [0.1, 0.15) is 0 Å². The maximum Gasteiger partial charge on any atom is 0.194 e. The van der Waals surface area contributed by atoms with E-state index >= 15 is 17.6 Å². The smallest absolute Gasteiger partial charge is 0.194 e. The van der Waals surface area contributed by atoms with Gasteiger partial charge in [-0.25, -0.2) is 26.3 Å². The van der Waals surface area contributed by atoms with E-state index in [-0.39, 0.29) is 11.1 Å². The Morgan fingerprint density at radius 2 is 0.457 bits per heavy atom. The molecule has 2 aliphatic carbocycles. The van der Waals surface area contributed by atoms with Gasteiger partial charge in [-0.3, -0.25) is 0 Å². The van der Waals surface area contributed by atoms with Crippen molar-refractivity contribution in [2.45, 2.75) is 0 Å². The minimum Gasteiger partial charge on any atom is -0.204 e. The quantitative estimate of drug-likeness (QED) is 0.0714. The zero-order chi connectivity index (χ0) is 46.8. The minimum absolute atomic E-state index is 0.238. The molecule has 0 saturated carbocycles. The summed E-state index contributed by atoms with van der Waals surface area (Å²) in [6, 6.07) is 57.6. The summed E-state index contributed by atoms with van der Waals surface area (Å²) in [4.78, 5) is 0. The van der Waals surface area contributed by atoms with E-state index in [2.05, 4.69) is 72.8 Å². The van der Waals surface area contributed by atoms with E-state index in [1.54, 1.807) is 0 Å². The SMILES string of the molecule is Fc1cc(-c2c3c(c(-c4ccccc4)c4ccccc24)-c2ccc4c5ccc6c7c(ccc(c8ccc-3c2c48)c75)-c2c-6c(-c3ccccc3)c3ccccc3c2-c2cc(F)c(F)c(F)c2)cc(F)c1F. The third-order valence-corrected chi connectivity index (χ3v) is 15.1. The molecule has 15 rings (SSSR count). The van der Waals surface area contributed by atoms with Gasteiger partial charge in [-0.1, -0.05) is 158 Å². The van der Waals surface area contributed by atoms with Crippen molar-refractivity contribution in [2.75, 3.05) is 0 Å². The highest BCUT2D eigenvalue weighted by molar-refractivity contribution is 6.42. The molecule has 0 fully saturated rings. The van der Waals surface area contributed by atoms with Crippen LogP contribution in [0, 0.1) is 34.9 Å². The number of fused-ring (bicyclic) bond motifs is 10. The van der Waals surface area contributed by atoms with Gasteiger partial charge in [0.15, 0.2) is 34.9 Å². The molecule has 6 heteroatoms. The molecule has 0 heterocycles. The minimum atomic E-state index is -1.52. The summed E-state index contributed by atoms with van der Waals surface area (Å²) < 4.78 is 90.8. The largest absolute Gasteiger partial charge is 0.204 e. The first-order valence-corrected chi connectivity index (χ1v) is 23.1. The van der Waals surface area contributed by atoms with Crippen molar-refractivity contribution in [3.05, 3.63) is 217 Å². The lowest BCUT2D eigenvalue weighted by atomic mass is 9.82. The van der Waals surface area contributed by atoms with E-state index in [9.17, 15) is 8.78 Å². The summed E-state index contributed by atoms with van der Waals surface area (Å²) in [6.07, 6.45) is 0. The molecule has 328 valence electrons. The summed E-state index contributed by atoms with van der Waals surface area (Å²) in [6.45, 7) is 0. The molecular formula is C64H30F6. The molecule has 0 unspecified atom stereocenters. The molecule has 0 radical (unpaired) electrons. The Bertz CT molecular complexity index is 4160. The summed E-state index contributed by atoms with van der Waals surface area (Å²) in [5, 5.41) is 11.5. The lowest BCUT2D eigenvalue weighted by molar-refractivity contribution is 0.447. The average Bonchev–Trinajstić information content (AvgIpc) is 3.90. The second kappa shape index (κ2) is 13.9. The van der Waals surface area contributed by atoms with Crippen molar-refractivity contribution in [2.24, 2.45) is 0 Å². The van der Waals surface area contributed by atoms with Gasteiger partial charge in [-0.15, -0.1) is 0 Å². The predicted molar refractivity (Wildman–Crippen MR) is 273 cm³/mol. The van der Waals surface area contributed by atoms with E-state index < -0.39 is 34.9 Å². The van der Waals surface area contributed by atoms with E-state index in [1.807, 2.05) is 84.9 Å². The summed E-state index contributed by atoms with van der Waals surface area (Å²) in [5.74, 6) is -8.07. The van der Waals surface area contributed by atoms with Gasteiger partial charge in [0, 0.05) is 0 Å². The zero-order valence-electron chi connectivity index (χ0n) is 36.6. The van der Waals surface area contributed by atoms with Gasteiger partial charge in [0.05, 0.1) is 0 Å². The Morgan fingerprint density at radius 1 is 0.200 bits per heavy atom. The van der Waals surface area contributed by atoms with Crippen LogP contribution < -0.4 is 0 Å². The van der Waals surface area contributed by atoms with Gasteiger partial charge in [-0.2, -0.15) is 0 Å². The van der Waals surface area contributed by atoms with Crippen molar-refractivity contribution in [3.63, 3.8) is 0 Å². The van der Waals surface area contributed by atoms with E-state index in [0.717, 1.165) is 156 Å². The summed E-state index contributed by atoms with van der Waals surface area (Å²) in [5.41, 5.74) is 12.9. The second-order valence-corrected chi connectivity index (χ2v) is 18.5. The fourth-order valence-corrected chi connectivity index (χ4v) is 12.5. The molecule has 0 aromatic heterocycles. The van der Waals surface area contributed by atoms with Crippen molar-refractivity contribution < 1.29 is 26.3 Å².